The molecule has 1 atom stereocenters. The first kappa shape index (κ1) is 20.8. The van der Waals surface area contributed by atoms with Crippen molar-refractivity contribution in [3.05, 3.63) is 17.0 Å². The molecule has 0 saturated carbocycles. The van der Waals surface area contributed by atoms with Gasteiger partial charge in [-0.2, -0.15) is 4.31 Å². The molecule has 8 heteroatoms. The van der Waals surface area contributed by atoms with E-state index in [1.807, 2.05) is 17.9 Å². The normalized spacial score (nSPS) is 23.1. The van der Waals surface area contributed by atoms with Gasteiger partial charge in [0.25, 0.3) is 10.0 Å². The average Bonchev–Trinajstić information content (AvgIpc) is 3.09. The van der Waals surface area contributed by atoms with Gasteiger partial charge in [0.1, 0.15) is 4.21 Å². The van der Waals surface area contributed by atoms with E-state index in [1.165, 1.54) is 15.6 Å². The molecule has 1 aromatic rings. The number of aryl methyl sites for hydroxylation is 1. The lowest BCUT2D eigenvalue weighted by molar-refractivity contribution is -0.138. The number of hydrogen-bond donors (Lipinski definition) is 0. The molecule has 2 aliphatic rings. The molecule has 0 spiro atoms. The summed E-state index contributed by atoms with van der Waals surface area (Å²) in [7, 11) is -3.49. The standard InChI is InChI=1S/C19H31N3O3S2/c1-15(2)13-20-9-11-21(12-10-20)19(23)17-5-4-8-22(14-17)27(24,25)18-7-6-16(3)26-18/h6-7,15,17H,4-5,8-14H2,1-3H3. The van der Waals surface area contributed by atoms with E-state index in [1.54, 1.807) is 6.07 Å². The van der Waals surface area contributed by atoms with Crippen molar-refractivity contribution in [1.82, 2.24) is 14.1 Å². The lowest BCUT2D eigenvalue weighted by atomic mass is 9.97. The van der Waals surface area contributed by atoms with Crippen LogP contribution in [0.1, 0.15) is 31.6 Å². The summed E-state index contributed by atoms with van der Waals surface area (Å²) in [5.41, 5.74) is 0. The van der Waals surface area contributed by atoms with Gasteiger partial charge >= 0.3 is 0 Å². The molecule has 0 bridgehead atoms. The summed E-state index contributed by atoms with van der Waals surface area (Å²) in [6.07, 6.45) is 1.52. The third-order valence-electron chi connectivity index (χ3n) is 5.35. The lowest BCUT2D eigenvalue weighted by Gasteiger charge is -2.39. The molecule has 3 rings (SSSR count). The minimum absolute atomic E-state index is 0.126. The molecule has 3 heterocycles. The quantitative estimate of drug-likeness (QED) is 0.743. The SMILES string of the molecule is Cc1ccc(S(=O)(=O)N2CCCC(C(=O)N3CCN(CC(C)C)CC3)C2)s1. The number of thiophene rings is 1. The van der Waals surface area contributed by atoms with E-state index < -0.39 is 10.0 Å². The van der Waals surface area contributed by atoms with Gasteiger partial charge < -0.3 is 4.90 Å². The second-order valence-electron chi connectivity index (χ2n) is 8.09. The van der Waals surface area contributed by atoms with Gasteiger partial charge in [-0.1, -0.05) is 13.8 Å². The van der Waals surface area contributed by atoms with Crippen molar-refractivity contribution in [2.24, 2.45) is 11.8 Å². The summed E-state index contributed by atoms with van der Waals surface area (Å²) < 4.78 is 27.7. The molecule has 1 unspecified atom stereocenters. The van der Waals surface area contributed by atoms with Gasteiger partial charge in [-0.3, -0.25) is 9.69 Å². The number of carbonyl (C=O) groups is 1. The molecule has 2 aliphatic heterocycles. The minimum atomic E-state index is -3.49. The van der Waals surface area contributed by atoms with Crippen LogP contribution in [0.2, 0.25) is 0 Å². The third-order valence-corrected chi connectivity index (χ3v) is 8.68. The molecular weight excluding hydrogens is 382 g/mol. The van der Waals surface area contributed by atoms with E-state index in [0.29, 0.717) is 23.2 Å². The monoisotopic (exact) mass is 413 g/mol. The Morgan fingerprint density at radius 2 is 1.89 bits per heavy atom. The fourth-order valence-electron chi connectivity index (χ4n) is 3.97. The highest BCUT2D eigenvalue weighted by molar-refractivity contribution is 7.91. The summed E-state index contributed by atoms with van der Waals surface area (Å²) in [6.45, 7) is 11.5. The Morgan fingerprint density at radius 3 is 2.48 bits per heavy atom. The molecule has 2 saturated heterocycles. The zero-order valence-corrected chi connectivity index (χ0v) is 18.2. The molecule has 2 fully saturated rings. The molecule has 6 nitrogen and oxygen atoms in total. The van der Waals surface area contributed by atoms with Crippen molar-refractivity contribution in [1.29, 1.82) is 0 Å². The Kier molecular flexibility index (Phi) is 6.61. The Hall–Kier alpha value is -0.960. The van der Waals surface area contributed by atoms with Crippen LogP contribution in [0.4, 0.5) is 0 Å². The van der Waals surface area contributed by atoms with E-state index >= 15 is 0 Å². The van der Waals surface area contributed by atoms with Crippen LogP contribution in [0, 0.1) is 18.8 Å². The van der Waals surface area contributed by atoms with Crippen LogP contribution < -0.4 is 0 Å². The fraction of sp³-hybridized carbons (Fsp3) is 0.737. The molecule has 0 aliphatic carbocycles. The number of amides is 1. The average molecular weight is 414 g/mol. The van der Waals surface area contributed by atoms with Crippen molar-refractivity contribution >= 4 is 27.3 Å². The summed E-state index contributed by atoms with van der Waals surface area (Å²) in [4.78, 5) is 18.3. The van der Waals surface area contributed by atoms with E-state index in [2.05, 4.69) is 18.7 Å². The van der Waals surface area contributed by atoms with Crippen molar-refractivity contribution in [3.63, 3.8) is 0 Å². The van der Waals surface area contributed by atoms with Crippen LogP contribution >= 0.6 is 11.3 Å². The Morgan fingerprint density at radius 1 is 1.19 bits per heavy atom. The largest absolute Gasteiger partial charge is 0.340 e. The Bertz CT molecular complexity index is 752. The first-order chi connectivity index (χ1) is 12.8. The second kappa shape index (κ2) is 8.59. The van der Waals surface area contributed by atoms with Crippen LogP contribution in [0.25, 0.3) is 0 Å². The zero-order valence-electron chi connectivity index (χ0n) is 16.6. The van der Waals surface area contributed by atoms with Crippen LogP contribution in [-0.2, 0) is 14.8 Å². The fourth-order valence-corrected chi connectivity index (χ4v) is 6.93. The van der Waals surface area contributed by atoms with Crippen LogP contribution in [-0.4, -0.2) is 74.2 Å². The number of piperazine rings is 1. The van der Waals surface area contributed by atoms with Gasteiger partial charge in [0.05, 0.1) is 5.92 Å². The van der Waals surface area contributed by atoms with Gasteiger partial charge in [-0.05, 0) is 37.8 Å². The van der Waals surface area contributed by atoms with Gasteiger partial charge in [-0.25, -0.2) is 8.42 Å². The molecule has 0 N–H and O–H groups in total. The Labute approximate surface area is 167 Å². The summed E-state index contributed by atoms with van der Waals surface area (Å²) >= 11 is 1.30. The van der Waals surface area contributed by atoms with Gasteiger partial charge in [-0.15, -0.1) is 11.3 Å². The highest BCUT2D eigenvalue weighted by Crippen LogP contribution is 2.29. The zero-order chi connectivity index (χ0) is 19.6. The molecule has 0 radical (unpaired) electrons. The van der Waals surface area contributed by atoms with E-state index in [9.17, 15) is 13.2 Å². The minimum Gasteiger partial charge on any atom is -0.340 e. The third kappa shape index (κ3) is 4.91. The van der Waals surface area contributed by atoms with Crippen molar-refractivity contribution < 1.29 is 13.2 Å². The maximum absolute atomic E-state index is 13.0. The van der Waals surface area contributed by atoms with Crippen LogP contribution in [0.3, 0.4) is 0 Å². The van der Waals surface area contributed by atoms with Crippen molar-refractivity contribution in [2.75, 3.05) is 45.8 Å². The van der Waals surface area contributed by atoms with Crippen LogP contribution in [0.15, 0.2) is 16.3 Å². The highest BCUT2D eigenvalue weighted by Gasteiger charge is 2.36. The molecule has 27 heavy (non-hydrogen) atoms. The number of piperidine rings is 1. The van der Waals surface area contributed by atoms with Gasteiger partial charge in [0.15, 0.2) is 0 Å². The van der Waals surface area contributed by atoms with E-state index in [4.69, 9.17) is 0 Å². The summed E-state index contributed by atoms with van der Waals surface area (Å²) in [5.74, 6) is 0.540. The van der Waals surface area contributed by atoms with E-state index in [-0.39, 0.29) is 11.8 Å². The number of carbonyl (C=O) groups excluding carboxylic acids is 1. The number of rotatable bonds is 5. The molecular formula is C19H31N3O3S2. The number of hydrogen-bond acceptors (Lipinski definition) is 5. The maximum Gasteiger partial charge on any atom is 0.252 e. The summed E-state index contributed by atoms with van der Waals surface area (Å²) in [5, 5.41) is 0. The van der Waals surface area contributed by atoms with Gasteiger partial charge in [0.2, 0.25) is 5.91 Å². The molecule has 1 amide bonds. The first-order valence-corrected chi connectivity index (χ1v) is 12.1. The van der Waals surface area contributed by atoms with Gasteiger partial charge in [0, 0.05) is 50.7 Å². The highest BCUT2D eigenvalue weighted by atomic mass is 32.2. The van der Waals surface area contributed by atoms with E-state index in [0.717, 1.165) is 50.4 Å². The Balaban J connectivity index is 1.60. The molecule has 152 valence electrons. The topological polar surface area (TPSA) is 60.9 Å². The lowest BCUT2D eigenvalue weighted by Crippen LogP contribution is -2.53. The smallest absolute Gasteiger partial charge is 0.252 e. The van der Waals surface area contributed by atoms with Crippen molar-refractivity contribution in [2.45, 2.75) is 37.8 Å². The molecule has 1 aromatic heterocycles. The second-order valence-corrected chi connectivity index (χ2v) is 11.5. The number of sulfonamides is 1. The predicted molar refractivity (Wildman–Crippen MR) is 108 cm³/mol. The van der Waals surface area contributed by atoms with Crippen molar-refractivity contribution in [3.8, 4) is 0 Å². The van der Waals surface area contributed by atoms with Crippen LogP contribution in [0.5, 0.6) is 0 Å². The summed E-state index contributed by atoms with van der Waals surface area (Å²) in [6, 6.07) is 3.51. The maximum atomic E-state index is 13.0. The first-order valence-electron chi connectivity index (χ1n) is 9.85. The molecule has 0 aromatic carbocycles. The number of nitrogens with zero attached hydrogens (tertiary/aromatic N) is 3. The predicted octanol–water partition coefficient (Wildman–Crippen LogP) is 2.26.